The van der Waals surface area contributed by atoms with E-state index in [9.17, 15) is 4.79 Å². The lowest BCUT2D eigenvalue weighted by molar-refractivity contribution is 0.0949. The molecule has 0 fully saturated rings. The highest BCUT2D eigenvalue weighted by Gasteiger charge is 2.06. The highest BCUT2D eigenvalue weighted by molar-refractivity contribution is 9.10. The summed E-state index contributed by atoms with van der Waals surface area (Å²) >= 11 is 3.20. The SMILES string of the molecule is O=C(NCc1ncn[nH]1)c1ccc(Br)nc1. The van der Waals surface area contributed by atoms with Crippen LogP contribution in [0.4, 0.5) is 0 Å². The molecule has 7 heteroatoms. The average molecular weight is 282 g/mol. The number of carbonyl (C=O) groups excluding carboxylic acids is 1. The largest absolute Gasteiger partial charge is 0.345 e. The van der Waals surface area contributed by atoms with Gasteiger partial charge >= 0.3 is 0 Å². The molecule has 16 heavy (non-hydrogen) atoms. The first-order valence-electron chi connectivity index (χ1n) is 4.49. The van der Waals surface area contributed by atoms with E-state index in [2.05, 4.69) is 41.4 Å². The van der Waals surface area contributed by atoms with E-state index in [1.807, 2.05) is 0 Å². The molecular weight excluding hydrogens is 274 g/mol. The van der Waals surface area contributed by atoms with Crippen molar-refractivity contribution < 1.29 is 4.79 Å². The highest BCUT2D eigenvalue weighted by atomic mass is 79.9. The molecule has 0 aliphatic rings. The lowest BCUT2D eigenvalue weighted by atomic mass is 10.3. The van der Waals surface area contributed by atoms with Gasteiger partial charge in [-0.25, -0.2) is 9.97 Å². The van der Waals surface area contributed by atoms with Crippen molar-refractivity contribution in [3.05, 3.63) is 40.6 Å². The number of nitrogens with one attached hydrogen (secondary N) is 2. The predicted molar refractivity (Wildman–Crippen MR) is 59.5 cm³/mol. The second-order valence-corrected chi connectivity index (χ2v) is 3.80. The smallest absolute Gasteiger partial charge is 0.253 e. The van der Waals surface area contributed by atoms with Crippen molar-refractivity contribution in [1.29, 1.82) is 0 Å². The Kier molecular flexibility index (Phi) is 3.25. The van der Waals surface area contributed by atoms with E-state index >= 15 is 0 Å². The Bertz CT molecular complexity index is 467. The molecule has 0 saturated carbocycles. The molecule has 0 aliphatic heterocycles. The molecule has 0 bridgehead atoms. The molecule has 0 spiro atoms. The second kappa shape index (κ2) is 4.84. The van der Waals surface area contributed by atoms with Crippen molar-refractivity contribution in [1.82, 2.24) is 25.5 Å². The minimum atomic E-state index is -0.198. The summed E-state index contributed by atoms with van der Waals surface area (Å²) in [7, 11) is 0. The first kappa shape index (κ1) is 10.7. The number of aromatic nitrogens is 4. The molecule has 6 nitrogen and oxygen atoms in total. The van der Waals surface area contributed by atoms with Crippen LogP contribution in [0.1, 0.15) is 16.2 Å². The van der Waals surface area contributed by atoms with Crippen LogP contribution in [-0.4, -0.2) is 26.1 Å². The molecule has 0 atom stereocenters. The van der Waals surface area contributed by atoms with Crippen LogP contribution in [0.25, 0.3) is 0 Å². The number of carbonyl (C=O) groups is 1. The van der Waals surface area contributed by atoms with Gasteiger partial charge in [-0.05, 0) is 28.1 Å². The molecule has 0 saturated heterocycles. The van der Waals surface area contributed by atoms with Gasteiger partial charge in [-0.15, -0.1) is 0 Å². The zero-order valence-electron chi connectivity index (χ0n) is 8.14. The maximum absolute atomic E-state index is 11.6. The van der Waals surface area contributed by atoms with Crippen LogP contribution in [0, 0.1) is 0 Å². The number of halogens is 1. The summed E-state index contributed by atoms with van der Waals surface area (Å²) in [6.45, 7) is 0.314. The summed E-state index contributed by atoms with van der Waals surface area (Å²) in [5.74, 6) is 0.412. The maximum atomic E-state index is 11.6. The first-order valence-corrected chi connectivity index (χ1v) is 5.29. The molecule has 0 radical (unpaired) electrons. The Labute approximate surface area is 99.6 Å². The van der Waals surface area contributed by atoms with Gasteiger partial charge in [0, 0.05) is 6.20 Å². The zero-order chi connectivity index (χ0) is 11.4. The summed E-state index contributed by atoms with van der Waals surface area (Å²) in [4.78, 5) is 19.5. The van der Waals surface area contributed by atoms with Gasteiger partial charge in [-0.3, -0.25) is 9.89 Å². The van der Waals surface area contributed by atoms with Gasteiger partial charge in [-0.1, -0.05) is 0 Å². The minimum absolute atomic E-state index is 0.198. The Morgan fingerprint density at radius 3 is 2.94 bits per heavy atom. The third-order valence-corrected chi connectivity index (χ3v) is 2.34. The number of hydrogen-bond acceptors (Lipinski definition) is 4. The molecule has 2 rings (SSSR count). The zero-order valence-corrected chi connectivity index (χ0v) is 9.73. The number of amides is 1. The first-order chi connectivity index (χ1) is 7.75. The fraction of sp³-hybridized carbons (Fsp3) is 0.111. The molecule has 2 N–H and O–H groups in total. The Morgan fingerprint density at radius 1 is 1.44 bits per heavy atom. The minimum Gasteiger partial charge on any atom is -0.345 e. The van der Waals surface area contributed by atoms with Gasteiger partial charge in [-0.2, -0.15) is 5.10 Å². The predicted octanol–water partition coefficient (Wildman–Crippen LogP) is 0.892. The molecule has 2 heterocycles. The van der Waals surface area contributed by atoms with E-state index in [-0.39, 0.29) is 5.91 Å². The van der Waals surface area contributed by atoms with Crippen molar-refractivity contribution in [3.8, 4) is 0 Å². The lowest BCUT2D eigenvalue weighted by Gasteiger charge is -2.02. The van der Waals surface area contributed by atoms with Gasteiger partial charge in [0.25, 0.3) is 5.91 Å². The van der Waals surface area contributed by atoms with E-state index < -0.39 is 0 Å². The van der Waals surface area contributed by atoms with Gasteiger partial charge in [0.1, 0.15) is 16.8 Å². The fourth-order valence-electron chi connectivity index (χ4n) is 1.09. The normalized spacial score (nSPS) is 10.1. The third-order valence-electron chi connectivity index (χ3n) is 1.87. The van der Waals surface area contributed by atoms with Crippen LogP contribution in [0.2, 0.25) is 0 Å². The monoisotopic (exact) mass is 281 g/mol. The highest BCUT2D eigenvalue weighted by Crippen LogP contribution is 2.06. The van der Waals surface area contributed by atoms with Crippen LogP contribution in [0.3, 0.4) is 0 Å². The van der Waals surface area contributed by atoms with E-state index in [0.29, 0.717) is 22.5 Å². The summed E-state index contributed by atoms with van der Waals surface area (Å²) in [6, 6.07) is 3.40. The molecule has 0 unspecified atom stereocenters. The third kappa shape index (κ3) is 2.63. The van der Waals surface area contributed by atoms with Crippen LogP contribution in [-0.2, 0) is 6.54 Å². The fourth-order valence-corrected chi connectivity index (χ4v) is 1.33. The maximum Gasteiger partial charge on any atom is 0.253 e. The summed E-state index contributed by atoms with van der Waals surface area (Å²) in [5, 5.41) is 9.03. The molecule has 1 amide bonds. The van der Waals surface area contributed by atoms with E-state index in [0.717, 1.165) is 0 Å². The topological polar surface area (TPSA) is 83.6 Å². The van der Waals surface area contributed by atoms with Crippen LogP contribution >= 0.6 is 15.9 Å². The molecule has 0 aromatic carbocycles. The van der Waals surface area contributed by atoms with E-state index in [4.69, 9.17) is 0 Å². The molecular formula is C9H8BrN5O. The molecule has 82 valence electrons. The number of rotatable bonds is 3. The number of aromatic amines is 1. The summed E-state index contributed by atoms with van der Waals surface area (Å²) < 4.78 is 0.694. The number of hydrogen-bond donors (Lipinski definition) is 2. The van der Waals surface area contributed by atoms with Gasteiger partial charge in [0.2, 0.25) is 0 Å². The van der Waals surface area contributed by atoms with Crippen molar-refractivity contribution in [2.45, 2.75) is 6.54 Å². The van der Waals surface area contributed by atoms with Crippen LogP contribution < -0.4 is 5.32 Å². The quantitative estimate of drug-likeness (QED) is 0.819. The van der Waals surface area contributed by atoms with Gasteiger partial charge in [0.05, 0.1) is 12.1 Å². The molecule has 0 aliphatic carbocycles. The average Bonchev–Trinajstić information content (AvgIpc) is 2.80. The second-order valence-electron chi connectivity index (χ2n) is 2.98. The van der Waals surface area contributed by atoms with Crippen LogP contribution in [0.5, 0.6) is 0 Å². The van der Waals surface area contributed by atoms with Gasteiger partial charge in [0.15, 0.2) is 0 Å². The molecule has 2 aromatic rings. The van der Waals surface area contributed by atoms with E-state index in [1.54, 1.807) is 12.1 Å². The Morgan fingerprint density at radius 2 is 2.31 bits per heavy atom. The molecule has 2 aromatic heterocycles. The summed E-state index contributed by atoms with van der Waals surface area (Å²) in [5.41, 5.74) is 0.503. The van der Waals surface area contributed by atoms with Crippen LogP contribution in [0.15, 0.2) is 29.3 Å². The standard InChI is InChI=1S/C9H8BrN5O/c10-7-2-1-6(3-11-7)9(16)12-4-8-13-5-14-15-8/h1-3,5H,4H2,(H,12,16)(H,13,14,15). The van der Waals surface area contributed by atoms with E-state index in [1.165, 1.54) is 12.5 Å². The van der Waals surface area contributed by atoms with Crippen molar-refractivity contribution in [2.75, 3.05) is 0 Å². The van der Waals surface area contributed by atoms with Crippen molar-refractivity contribution in [3.63, 3.8) is 0 Å². The van der Waals surface area contributed by atoms with Gasteiger partial charge < -0.3 is 5.32 Å². The number of nitrogens with zero attached hydrogens (tertiary/aromatic N) is 3. The van der Waals surface area contributed by atoms with Crippen molar-refractivity contribution in [2.24, 2.45) is 0 Å². The number of H-pyrrole nitrogens is 1. The Hall–Kier alpha value is -1.76. The number of pyridine rings is 1. The Balaban J connectivity index is 1.95. The lowest BCUT2D eigenvalue weighted by Crippen LogP contribution is -2.23. The van der Waals surface area contributed by atoms with Crippen molar-refractivity contribution >= 4 is 21.8 Å². The summed E-state index contributed by atoms with van der Waals surface area (Å²) in [6.07, 6.45) is 2.89.